The highest BCUT2D eigenvalue weighted by atomic mass is 79.9. The van der Waals surface area contributed by atoms with E-state index in [0.29, 0.717) is 0 Å². The minimum atomic E-state index is -0.976. The Balaban J connectivity index is 3.90. The fourth-order valence-electron chi connectivity index (χ4n) is 0.307. The van der Waals surface area contributed by atoms with Crippen molar-refractivity contribution in [1.29, 1.82) is 5.26 Å². The van der Waals surface area contributed by atoms with Crippen molar-refractivity contribution >= 4 is 27.7 Å². The van der Waals surface area contributed by atoms with Crippen LogP contribution in [0, 0.1) is 11.3 Å². The summed E-state index contributed by atoms with van der Waals surface area (Å²) in [5.74, 6) is -1.66. The molecule has 0 aliphatic rings. The lowest BCUT2D eigenvalue weighted by molar-refractivity contribution is -0.154. The number of nitrogens with zero attached hydrogens (tertiary/aromatic N) is 1. The maximum Gasteiger partial charge on any atom is 0.376 e. The van der Waals surface area contributed by atoms with Gasteiger partial charge in [-0.3, -0.25) is 4.79 Å². The first-order chi connectivity index (χ1) is 5.11. The van der Waals surface area contributed by atoms with Gasteiger partial charge in [0.1, 0.15) is 6.07 Å². The number of halogens is 1. The number of ketones is 1. The number of ether oxygens (including phenoxy) is 1. The molecule has 0 aromatic rings. The molecule has 0 N–H and O–H groups in total. The minimum absolute atomic E-state index is 0.0794. The molecular weight excluding hydrogens is 214 g/mol. The monoisotopic (exact) mass is 219 g/mol. The van der Waals surface area contributed by atoms with E-state index >= 15 is 0 Å². The van der Waals surface area contributed by atoms with Gasteiger partial charge in [-0.1, -0.05) is 15.9 Å². The van der Waals surface area contributed by atoms with Crippen LogP contribution in [0.3, 0.4) is 0 Å². The van der Waals surface area contributed by atoms with Gasteiger partial charge in [0.05, 0.1) is 5.33 Å². The first-order valence-electron chi connectivity index (χ1n) is 2.81. The average Bonchev–Trinajstić information content (AvgIpc) is 2.02. The Labute approximate surface area is 72.3 Å². The van der Waals surface area contributed by atoms with E-state index in [2.05, 4.69) is 20.7 Å². The molecule has 4 nitrogen and oxygen atoms in total. The first-order valence-corrected chi connectivity index (χ1v) is 3.93. The van der Waals surface area contributed by atoms with Crippen LogP contribution in [0.15, 0.2) is 0 Å². The van der Waals surface area contributed by atoms with Crippen molar-refractivity contribution in [2.45, 2.75) is 13.0 Å². The van der Waals surface area contributed by atoms with Crippen LogP contribution in [0.5, 0.6) is 0 Å². The molecule has 0 aliphatic heterocycles. The van der Waals surface area contributed by atoms with Crippen LogP contribution in [0.1, 0.15) is 6.92 Å². The highest BCUT2D eigenvalue weighted by Gasteiger charge is 2.15. The van der Waals surface area contributed by atoms with Gasteiger partial charge in [0.2, 0.25) is 0 Å². The summed E-state index contributed by atoms with van der Waals surface area (Å²) >= 11 is 2.79. The lowest BCUT2D eigenvalue weighted by Gasteiger charge is -2.02. The van der Waals surface area contributed by atoms with Crippen LogP contribution in [-0.2, 0) is 14.3 Å². The number of rotatable bonds is 3. The number of alkyl halides is 1. The molecule has 0 rings (SSSR count). The van der Waals surface area contributed by atoms with Gasteiger partial charge in [-0.05, 0) is 6.92 Å². The Morgan fingerprint density at radius 1 is 1.73 bits per heavy atom. The lowest BCUT2D eigenvalue weighted by Crippen LogP contribution is -2.22. The number of Topliss-reactive ketones (excluding diaryl/α,β-unsaturated/α-hetero) is 1. The van der Waals surface area contributed by atoms with Gasteiger partial charge < -0.3 is 4.74 Å². The van der Waals surface area contributed by atoms with Gasteiger partial charge in [-0.25, -0.2) is 4.79 Å². The van der Waals surface area contributed by atoms with E-state index < -0.39 is 17.9 Å². The molecule has 0 saturated carbocycles. The van der Waals surface area contributed by atoms with Crippen molar-refractivity contribution < 1.29 is 14.3 Å². The zero-order valence-corrected chi connectivity index (χ0v) is 7.42. The Hall–Kier alpha value is -0.890. The van der Waals surface area contributed by atoms with Gasteiger partial charge >= 0.3 is 5.97 Å². The Kier molecular flexibility index (Phi) is 4.46. The smallest absolute Gasteiger partial charge is 0.376 e. The van der Waals surface area contributed by atoms with Crippen molar-refractivity contribution in [2.24, 2.45) is 0 Å². The van der Waals surface area contributed by atoms with Crippen molar-refractivity contribution in [3.05, 3.63) is 0 Å². The van der Waals surface area contributed by atoms with E-state index in [4.69, 9.17) is 5.26 Å². The largest absolute Gasteiger partial charge is 0.441 e. The van der Waals surface area contributed by atoms with Crippen LogP contribution >= 0.6 is 15.9 Å². The molecular formula is C6H6BrNO3. The maximum absolute atomic E-state index is 10.6. The fraction of sp³-hybridized carbons (Fsp3) is 0.500. The van der Waals surface area contributed by atoms with Crippen molar-refractivity contribution in [3.63, 3.8) is 0 Å². The van der Waals surface area contributed by atoms with Crippen molar-refractivity contribution in [1.82, 2.24) is 0 Å². The topological polar surface area (TPSA) is 67.2 Å². The summed E-state index contributed by atoms with van der Waals surface area (Å²) < 4.78 is 4.37. The lowest BCUT2D eigenvalue weighted by atomic mass is 10.4. The highest BCUT2D eigenvalue weighted by Crippen LogP contribution is 1.92. The van der Waals surface area contributed by atoms with E-state index in [1.807, 2.05) is 0 Å². The average molecular weight is 220 g/mol. The number of carbonyl (C=O) groups excluding carboxylic acids is 2. The first kappa shape index (κ1) is 10.1. The third-order valence-electron chi connectivity index (χ3n) is 0.815. The van der Waals surface area contributed by atoms with E-state index in [0.717, 1.165) is 0 Å². The molecule has 5 heteroatoms. The van der Waals surface area contributed by atoms with Crippen LogP contribution in [0.4, 0.5) is 0 Å². The summed E-state index contributed by atoms with van der Waals surface area (Å²) in [6.07, 6.45) is -0.870. The Morgan fingerprint density at radius 2 is 2.27 bits per heavy atom. The number of hydrogen-bond acceptors (Lipinski definition) is 4. The van der Waals surface area contributed by atoms with Crippen LogP contribution in [-0.4, -0.2) is 23.2 Å². The van der Waals surface area contributed by atoms with Crippen molar-refractivity contribution in [3.8, 4) is 6.07 Å². The molecule has 0 bridgehead atoms. The minimum Gasteiger partial charge on any atom is -0.441 e. The Bertz CT molecular complexity index is 208. The molecule has 0 radical (unpaired) electrons. The molecule has 0 aromatic heterocycles. The second-order valence-electron chi connectivity index (χ2n) is 1.73. The molecule has 11 heavy (non-hydrogen) atoms. The molecule has 60 valence electrons. The third kappa shape index (κ3) is 3.73. The second-order valence-corrected chi connectivity index (χ2v) is 2.29. The van der Waals surface area contributed by atoms with Crippen LogP contribution in [0.2, 0.25) is 0 Å². The van der Waals surface area contributed by atoms with Crippen LogP contribution in [0.25, 0.3) is 0 Å². The summed E-state index contributed by atoms with van der Waals surface area (Å²) in [6, 6.07) is 1.66. The summed E-state index contributed by atoms with van der Waals surface area (Å²) in [5, 5.41) is 8.11. The fourth-order valence-corrected chi connectivity index (χ4v) is 0.536. The summed E-state index contributed by atoms with van der Waals surface area (Å²) in [4.78, 5) is 21.1. The quantitative estimate of drug-likeness (QED) is 0.392. The molecule has 0 aliphatic carbocycles. The SMILES string of the molecule is CC(C#N)OC(=O)C(=O)CBr. The molecule has 0 saturated heterocycles. The normalized spacial score (nSPS) is 11.4. The summed E-state index contributed by atoms with van der Waals surface area (Å²) in [6.45, 7) is 1.39. The number of esters is 1. The summed E-state index contributed by atoms with van der Waals surface area (Å²) in [7, 11) is 0. The summed E-state index contributed by atoms with van der Waals surface area (Å²) in [5.41, 5.74) is 0. The molecule has 1 atom stereocenters. The standard InChI is InChI=1S/C6H6BrNO3/c1-4(3-8)11-6(10)5(9)2-7/h4H,2H2,1H3. The second kappa shape index (κ2) is 4.85. The molecule has 0 amide bonds. The van der Waals surface area contributed by atoms with Gasteiger partial charge in [0.25, 0.3) is 5.78 Å². The Morgan fingerprint density at radius 3 is 2.64 bits per heavy atom. The molecule has 0 fully saturated rings. The molecule has 0 heterocycles. The number of carbonyl (C=O) groups is 2. The van der Waals surface area contributed by atoms with E-state index in [9.17, 15) is 9.59 Å². The van der Waals surface area contributed by atoms with E-state index in [1.165, 1.54) is 6.92 Å². The predicted molar refractivity (Wildman–Crippen MR) is 40.0 cm³/mol. The van der Waals surface area contributed by atoms with E-state index in [1.54, 1.807) is 6.07 Å². The van der Waals surface area contributed by atoms with Crippen molar-refractivity contribution in [2.75, 3.05) is 5.33 Å². The number of hydrogen-bond donors (Lipinski definition) is 0. The molecule has 1 unspecified atom stereocenters. The molecule has 0 spiro atoms. The van der Waals surface area contributed by atoms with Gasteiger partial charge in [-0.15, -0.1) is 0 Å². The van der Waals surface area contributed by atoms with Gasteiger partial charge in [0.15, 0.2) is 6.10 Å². The van der Waals surface area contributed by atoms with Gasteiger partial charge in [-0.2, -0.15) is 5.26 Å². The highest BCUT2D eigenvalue weighted by molar-refractivity contribution is 9.09. The van der Waals surface area contributed by atoms with E-state index in [-0.39, 0.29) is 5.33 Å². The number of nitriles is 1. The van der Waals surface area contributed by atoms with Gasteiger partial charge in [0, 0.05) is 0 Å². The zero-order chi connectivity index (χ0) is 8.85. The van der Waals surface area contributed by atoms with Crippen LogP contribution < -0.4 is 0 Å². The maximum atomic E-state index is 10.6. The predicted octanol–water partition coefficient (Wildman–Crippen LogP) is 0.406. The zero-order valence-electron chi connectivity index (χ0n) is 5.83. The third-order valence-corrected chi connectivity index (χ3v) is 1.32. The molecule has 0 aromatic carbocycles.